The van der Waals surface area contributed by atoms with E-state index in [1.54, 1.807) is 5.41 Å². The molecule has 17 heavy (non-hydrogen) atoms. The summed E-state index contributed by atoms with van der Waals surface area (Å²) in [5.74, 6) is -0.426. The number of hydrogen-bond donors (Lipinski definition) is 2. The number of anilines is 1. The van der Waals surface area contributed by atoms with Gasteiger partial charge in [-0.1, -0.05) is 18.2 Å². The predicted octanol–water partition coefficient (Wildman–Crippen LogP) is 1.24. The molecule has 0 aliphatic carbocycles. The molecule has 2 atom stereocenters. The quantitative estimate of drug-likeness (QED) is 0.845. The van der Waals surface area contributed by atoms with Crippen LogP contribution < -0.4 is 16.4 Å². The molecule has 2 rings (SSSR count). The number of amides is 1. The van der Waals surface area contributed by atoms with Gasteiger partial charge in [-0.2, -0.15) is 0 Å². The molecular weight excluding hydrogens is 234 g/mol. The lowest BCUT2D eigenvalue weighted by Crippen LogP contribution is -2.43. The summed E-state index contributed by atoms with van der Waals surface area (Å²) in [5.41, 5.74) is 12.8. The number of hydrogen-bond acceptors (Lipinski definition) is 4. The lowest BCUT2D eigenvalue weighted by molar-refractivity contribution is -0.114. The number of nitrogens with zero attached hydrogens (tertiary/aromatic N) is 1. The van der Waals surface area contributed by atoms with Crippen LogP contribution in [0.5, 0.6) is 0 Å². The Bertz CT molecular complexity index is 444. The van der Waals surface area contributed by atoms with E-state index in [2.05, 4.69) is 0 Å². The number of rotatable bonds is 3. The van der Waals surface area contributed by atoms with Gasteiger partial charge in [0.05, 0.1) is 5.37 Å². The molecule has 0 saturated carbocycles. The van der Waals surface area contributed by atoms with Crippen molar-refractivity contribution in [1.29, 1.82) is 0 Å². The monoisotopic (exact) mass is 249 g/mol. The molecule has 1 heterocycles. The summed E-state index contributed by atoms with van der Waals surface area (Å²) in [6, 6.07) is 9.61. The first-order valence-corrected chi connectivity index (χ1v) is 6.31. The van der Waals surface area contributed by atoms with Gasteiger partial charge >= 0.3 is 0 Å². The highest BCUT2D eigenvalue weighted by atomic mass is 32.2. The molecule has 0 radical (unpaired) electrons. The van der Waals surface area contributed by atoms with Gasteiger partial charge < -0.3 is 16.4 Å². The van der Waals surface area contributed by atoms with Gasteiger partial charge in [0.25, 0.3) is 5.91 Å². The smallest absolute Gasteiger partial charge is 0.265 e. The zero-order valence-corrected chi connectivity index (χ0v) is 10.4. The van der Waals surface area contributed by atoms with Crippen LogP contribution in [0.15, 0.2) is 41.4 Å². The lowest BCUT2D eigenvalue weighted by Gasteiger charge is -2.30. The Labute approximate surface area is 105 Å². The Morgan fingerprint density at radius 1 is 1.41 bits per heavy atom. The van der Waals surface area contributed by atoms with Crippen molar-refractivity contribution in [3.05, 3.63) is 41.4 Å². The van der Waals surface area contributed by atoms with E-state index in [4.69, 9.17) is 11.5 Å². The van der Waals surface area contributed by atoms with Crippen molar-refractivity contribution in [3.63, 3.8) is 0 Å². The van der Waals surface area contributed by atoms with Crippen LogP contribution in [-0.2, 0) is 4.79 Å². The highest BCUT2D eigenvalue weighted by Crippen LogP contribution is 2.36. The van der Waals surface area contributed by atoms with Crippen LogP contribution in [0.2, 0.25) is 0 Å². The maximum Gasteiger partial charge on any atom is 0.265 e. The molecule has 1 amide bonds. The summed E-state index contributed by atoms with van der Waals surface area (Å²) in [6.07, 6.45) is 0. The third-order valence-corrected chi connectivity index (χ3v) is 3.85. The second kappa shape index (κ2) is 4.81. The SMILES string of the molecule is CC(N)C1SC=C(C(N)=O)N1c1ccccc1. The summed E-state index contributed by atoms with van der Waals surface area (Å²) < 4.78 is 0. The number of benzene rings is 1. The zero-order valence-electron chi connectivity index (χ0n) is 9.54. The Kier molecular flexibility index (Phi) is 3.40. The largest absolute Gasteiger partial charge is 0.364 e. The van der Waals surface area contributed by atoms with E-state index in [-0.39, 0.29) is 11.4 Å². The standard InChI is InChI=1S/C12H15N3OS/c1-8(13)12-15(9-5-3-2-4-6-9)10(7-17-12)11(14)16/h2-8,12H,13H2,1H3,(H2,14,16). The normalized spacial score (nSPS) is 21.2. The summed E-state index contributed by atoms with van der Waals surface area (Å²) in [4.78, 5) is 13.3. The van der Waals surface area contributed by atoms with Crippen molar-refractivity contribution < 1.29 is 4.79 Å². The highest BCUT2D eigenvalue weighted by molar-refractivity contribution is 8.03. The van der Waals surface area contributed by atoms with Crippen molar-refractivity contribution in [1.82, 2.24) is 0 Å². The lowest BCUT2D eigenvalue weighted by atomic mass is 10.2. The van der Waals surface area contributed by atoms with Crippen molar-refractivity contribution in [2.45, 2.75) is 18.3 Å². The molecule has 4 nitrogen and oxygen atoms in total. The Balaban J connectivity index is 2.37. The van der Waals surface area contributed by atoms with Gasteiger partial charge in [0.15, 0.2) is 0 Å². The minimum Gasteiger partial charge on any atom is -0.364 e. The second-order valence-corrected chi connectivity index (χ2v) is 4.95. The zero-order chi connectivity index (χ0) is 12.4. The van der Waals surface area contributed by atoms with Crippen molar-refractivity contribution in [3.8, 4) is 0 Å². The van der Waals surface area contributed by atoms with Crippen LogP contribution >= 0.6 is 11.8 Å². The molecule has 4 N–H and O–H groups in total. The maximum absolute atomic E-state index is 11.4. The molecule has 0 aromatic heterocycles. The minimum atomic E-state index is -0.426. The van der Waals surface area contributed by atoms with E-state index in [1.807, 2.05) is 42.2 Å². The van der Waals surface area contributed by atoms with Gasteiger partial charge in [0.1, 0.15) is 5.70 Å². The fraction of sp³-hybridized carbons (Fsp3) is 0.250. The van der Waals surface area contributed by atoms with E-state index in [0.717, 1.165) is 5.69 Å². The summed E-state index contributed by atoms with van der Waals surface area (Å²) in [6.45, 7) is 1.92. The van der Waals surface area contributed by atoms with E-state index < -0.39 is 5.91 Å². The van der Waals surface area contributed by atoms with E-state index in [1.165, 1.54) is 11.8 Å². The molecule has 90 valence electrons. The van der Waals surface area contributed by atoms with Crippen molar-refractivity contribution in [2.75, 3.05) is 4.90 Å². The summed E-state index contributed by atoms with van der Waals surface area (Å²) >= 11 is 1.53. The van der Waals surface area contributed by atoms with Gasteiger partial charge in [-0.25, -0.2) is 0 Å². The number of primary amides is 1. The Hall–Kier alpha value is -1.46. The molecule has 0 spiro atoms. The highest BCUT2D eigenvalue weighted by Gasteiger charge is 2.33. The minimum absolute atomic E-state index is 0.0138. The maximum atomic E-state index is 11.4. The molecule has 1 aromatic rings. The third kappa shape index (κ3) is 2.30. The van der Waals surface area contributed by atoms with E-state index in [0.29, 0.717) is 5.70 Å². The molecule has 0 bridgehead atoms. The Morgan fingerprint density at radius 3 is 2.59 bits per heavy atom. The molecule has 1 aliphatic rings. The molecular formula is C12H15N3OS. The van der Waals surface area contributed by atoms with Crippen molar-refractivity contribution in [2.24, 2.45) is 11.5 Å². The van der Waals surface area contributed by atoms with Gasteiger partial charge in [-0.15, -0.1) is 11.8 Å². The van der Waals surface area contributed by atoms with Crippen LogP contribution in [0, 0.1) is 0 Å². The molecule has 5 heteroatoms. The fourth-order valence-corrected chi connectivity index (χ4v) is 2.90. The molecule has 0 saturated heterocycles. The number of nitrogens with two attached hydrogens (primary N) is 2. The van der Waals surface area contributed by atoms with Gasteiger partial charge in [-0.3, -0.25) is 4.79 Å². The average Bonchev–Trinajstić information content (AvgIpc) is 2.74. The van der Waals surface area contributed by atoms with Crippen LogP contribution in [0.1, 0.15) is 6.92 Å². The number of para-hydroxylation sites is 1. The number of carbonyl (C=O) groups is 1. The average molecular weight is 249 g/mol. The van der Waals surface area contributed by atoms with Crippen LogP contribution in [-0.4, -0.2) is 17.3 Å². The molecule has 1 aliphatic heterocycles. The topological polar surface area (TPSA) is 72.3 Å². The Morgan fingerprint density at radius 2 is 2.06 bits per heavy atom. The fourth-order valence-electron chi connectivity index (χ4n) is 1.80. The van der Waals surface area contributed by atoms with E-state index in [9.17, 15) is 4.79 Å². The first kappa shape index (κ1) is 12.0. The van der Waals surface area contributed by atoms with Gasteiger partial charge in [0.2, 0.25) is 0 Å². The molecule has 2 unspecified atom stereocenters. The van der Waals surface area contributed by atoms with Crippen molar-refractivity contribution >= 4 is 23.4 Å². The van der Waals surface area contributed by atoms with Crippen LogP contribution in [0.25, 0.3) is 0 Å². The first-order chi connectivity index (χ1) is 8.11. The predicted molar refractivity (Wildman–Crippen MR) is 71.2 cm³/mol. The number of thioether (sulfide) groups is 1. The second-order valence-electron chi connectivity index (χ2n) is 3.96. The third-order valence-electron chi connectivity index (χ3n) is 2.57. The summed E-state index contributed by atoms with van der Waals surface area (Å²) in [7, 11) is 0. The van der Waals surface area contributed by atoms with E-state index >= 15 is 0 Å². The number of carbonyl (C=O) groups excluding carboxylic acids is 1. The van der Waals surface area contributed by atoms with Crippen LogP contribution in [0.4, 0.5) is 5.69 Å². The summed E-state index contributed by atoms with van der Waals surface area (Å²) in [5, 5.41) is 1.79. The van der Waals surface area contributed by atoms with Gasteiger partial charge in [0, 0.05) is 17.1 Å². The van der Waals surface area contributed by atoms with Gasteiger partial charge in [-0.05, 0) is 19.1 Å². The molecule has 1 aromatic carbocycles. The first-order valence-electron chi connectivity index (χ1n) is 5.36. The molecule has 0 fully saturated rings. The van der Waals surface area contributed by atoms with Crippen LogP contribution in [0.3, 0.4) is 0 Å².